The Kier molecular flexibility index (Phi) is 4.52. The van der Waals surface area contributed by atoms with Crippen molar-refractivity contribution < 1.29 is 4.42 Å². The van der Waals surface area contributed by atoms with Crippen molar-refractivity contribution >= 4 is 62.2 Å². The lowest BCUT2D eigenvalue weighted by Crippen LogP contribution is -2.49. The van der Waals surface area contributed by atoms with Crippen LogP contribution in [0.4, 0.5) is 0 Å². The zero-order valence-electron chi connectivity index (χ0n) is 23.0. The molecule has 8 aromatic rings. The molecule has 0 unspecified atom stereocenters. The molecule has 3 heterocycles. The lowest BCUT2D eigenvalue weighted by Gasteiger charge is -2.18. The maximum Gasteiger partial charge on any atom is 0.135 e. The van der Waals surface area contributed by atoms with E-state index in [1.165, 1.54) is 54.4 Å². The van der Waals surface area contributed by atoms with Gasteiger partial charge < -0.3 is 8.98 Å². The smallest absolute Gasteiger partial charge is 0.135 e. The molecule has 0 atom stereocenters. The zero-order valence-corrected chi connectivity index (χ0v) is 24.0. The second-order valence-electron chi connectivity index (χ2n) is 11.8. The number of rotatable bonds is 2. The molecular formula is C38H27NOSi. The van der Waals surface area contributed by atoms with Crippen LogP contribution >= 0.6 is 0 Å². The number of benzene rings is 6. The van der Waals surface area contributed by atoms with Crippen LogP contribution in [-0.2, 0) is 0 Å². The molecule has 6 aromatic carbocycles. The molecule has 0 amide bonds. The quantitative estimate of drug-likeness (QED) is 0.200. The molecule has 0 aliphatic carbocycles. The van der Waals surface area contributed by atoms with Gasteiger partial charge in [0, 0.05) is 27.2 Å². The molecular weight excluding hydrogens is 515 g/mol. The van der Waals surface area contributed by atoms with Gasteiger partial charge in [-0.15, -0.1) is 0 Å². The molecule has 1 aliphatic rings. The lowest BCUT2D eigenvalue weighted by atomic mass is 10.0. The van der Waals surface area contributed by atoms with Gasteiger partial charge in [-0.25, -0.2) is 0 Å². The number of fused-ring (bicyclic) bond motifs is 9. The zero-order chi connectivity index (χ0) is 27.3. The fourth-order valence-electron chi connectivity index (χ4n) is 7.16. The number of hydrogen-bond acceptors (Lipinski definition) is 1. The monoisotopic (exact) mass is 541 g/mol. The molecule has 2 nitrogen and oxygen atoms in total. The summed E-state index contributed by atoms with van der Waals surface area (Å²) in [6.07, 6.45) is 0. The minimum absolute atomic E-state index is 0.921. The SMILES string of the molecule is C[Si]1(C)c2ccccc2-c2cc3c(cc21)c1cc(-c2ccccc2)ccc1n3-c1ccc2oc3ccccc3c2c1. The molecule has 2 aromatic heterocycles. The van der Waals surface area contributed by atoms with Gasteiger partial charge in [0.05, 0.1) is 11.0 Å². The summed E-state index contributed by atoms with van der Waals surface area (Å²) in [7, 11) is -1.81. The molecule has 0 bridgehead atoms. The van der Waals surface area contributed by atoms with Crippen LogP contribution in [0.15, 0.2) is 132 Å². The Morgan fingerprint density at radius 1 is 0.488 bits per heavy atom. The molecule has 0 radical (unpaired) electrons. The first-order chi connectivity index (χ1) is 20.1. The fourth-order valence-corrected chi connectivity index (χ4v) is 10.2. The van der Waals surface area contributed by atoms with E-state index in [1.807, 2.05) is 12.1 Å². The predicted molar refractivity (Wildman–Crippen MR) is 176 cm³/mol. The summed E-state index contributed by atoms with van der Waals surface area (Å²) in [5, 5.41) is 7.98. The van der Waals surface area contributed by atoms with Gasteiger partial charge in [-0.1, -0.05) is 98.0 Å². The molecule has 3 heteroatoms. The topological polar surface area (TPSA) is 18.1 Å². The Balaban J connectivity index is 1.39. The van der Waals surface area contributed by atoms with Crippen LogP contribution in [0.25, 0.3) is 71.7 Å². The number of furan rings is 1. The van der Waals surface area contributed by atoms with E-state index in [9.17, 15) is 0 Å². The third-order valence-corrected chi connectivity index (χ3v) is 12.7. The Hall–Kier alpha value is -4.86. The molecule has 0 saturated carbocycles. The third-order valence-electron chi connectivity index (χ3n) is 9.19. The highest BCUT2D eigenvalue weighted by Gasteiger charge is 2.38. The molecule has 0 fully saturated rings. The van der Waals surface area contributed by atoms with Crippen LogP contribution in [0.3, 0.4) is 0 Å². The average molecular weight is 542 g/mol. The van der Waals surface area contributed by atoms with Crippen LogP contribution in [-0.4, -0.2) is 12.6 Å². The van der Waals surface area contributed by atoms with Crippen LogP contribution in [0.1, 0.15) is 0 Å². The summed E-state index contributed by atoms with van der Waals surface area (Å²) >= 11 is 0. The highest BCUT2D eigenvalue weighted by molar-refractivity contribution is 7.04. The largest absolute Gasteiger partial charge is 0.456 e. The molecule has 41 heavy (non-hydrogen) atoms. The molecule has 9 rings (SSSR count). The summed E-state index contributed by atoms with van der Waals surface area (Å²) in [6.45, 7) is 4.99. The molecule has 0 N–H and O–H groups in total. The van der Waals surface area contributed by atoms with Crippen LogP contribution in [0, 0.1) is 0 Å². The van der Waals surface area contributed by atoms with Gasteiger partial charge in [-0.05, 0) is 75.1 Å². The second-order valence-corrected chi connectivity index (χ2v) is 16.1. The van der Waals surface area contributed by atoms with Crippen LogP contribution in [0.2, 0.25) is 13.1 Å². The summed E-state index contributed by atoms with van der Waals surface area (Å²) < 4.78 is 8.64. The first-order valence-corrected chi connectivity index (χ1v) is 17.3. The highest BCUT2D eigenvalue weighted by Crippen LogP contribution is 2.40. The van der Waals surface area contributed by atoms with Gasteiger partial charge in [0.15, 0.2) is 0 Å². The van der Waals surface area contributed by atoms with Crippen molar-refractivity contribution in [2.24, 2.45) is 0 Å². The Morgan fingerprint density at radius 3 is 2.15 bits per heavy atom. The Morgan fingerprint density at radius 2 is 1.24 bits per heavy atom. The average Bonchev–Trinajstić information content (AvgIpc) is 3.62. The van der Waals surface area contributed by atoms with E-state index in [0.717, 1.165) is 27.6 Å². The van der Waals surface area contributed by atoms with Gasteiger partial charge in [-0.2, -0.15) is 0 Å². The molecule has 194 valence electrons. The Bertz CT molecular complexity index is 2340. The van der Waals surface area contributed by atoms with Gasteiger partial charge in [0.1, 0.15) is 19.2 Å². The van der Waals surface area contributed by atoms with Crippen molar-refractivity contribution in [3.05, 3.63) is 127 Å². The standard InChI is InChI=1S/C38H27NOSi/c1-41(2)37-15-9-7-13-28(37)32-22-34-30(23-38(32)41)29-20-25(24-10-4-3-5-11-24)16-18-33(29)39(34)26-17-19-36-31(21-26)27-12-6-8-14-35(27)40-36/h3-23H,1-2H3. The normalized spacial score (nSPS) is 13.8. The molecule has 0 saturated heterocycles. The number of aromatic nitrogens is 1. The van der Waals surface area contributed by atoms with Gasteiger partial charge in [0.25, 0.3) is 0 Å². The van der Waals surface area contributed by atoms with Crippen LogP contribution in [0.5, 0.6) is 0 Å². The molecule has 0 spiro atoms. The van der Waals surface area contributed by atoms with E-state index < -0.39 is 8.07 Å². The number of nitrogens with zero attached hydrogens (tertiary/aromatic N) is 1. The first-order valence-electron chi connectivity index (χ1n) is 14.3. The first kappa shape index (κ1) is 22.9. The van der Waals surface area contributed by atoms with E-state index in [2.05, 4.69) is 133 Å². The van der Waals surface area contributed by atoms with Crippen LogP contribution < -0.4 is 10.4 Å². The van der Waals surface area contributed by atoms with Crippen molar-refractivity contribution in [3.8, 4) is 27.9 Å². The molecule has 1 aliphatic heterocycles. The van der Waals surface area contributed by atoms with Crippen molar-refractivity contribution in [1.82, 2.24) is 4.57 Å². The van der Waals surface area contributed by atoms with E-state index in [1.54, 1.807) is 0 Å². The summed E-state index contributed by atoms with van der Waals surface area (Å²) in [5.41, 5.74) is 10.8. The second kappa shape index (κ2) is 8.09. The number of para-hydroxylation sites is 1. The van der Waals surface area contributed by atoms with E-state index >= 15 is 0 Å². The van der Waals surface area contributed by atoms with E-state index in [0.29, 0.717) is 0 Å². The third kappa shape index (κ3) is 3.12. The minimum Gasteiger partial charge on any atom is -0.456 e. The number of hydrogen-bond donors (Lipinski definition) is 0. The van der Waals surface area contributed by atoms with Gasteiger partial charge in [-0.3, -0.25) is 0 Å². The fraction of sp³-hybridized carbons (Fsp3) is 0.0526. The summed E-state index contributed by atoms with van der Waals surface area (Å²) in [5.74, 6) is 0. The minimum atomic E-state index is -1.81. The summed E-state index contributed by atoms with van der Waals surface area (Å²) in [6, 6.07) is 46.6. The van der Waals surface area contributed by atoms with Crippen molar-refractivity contribution in [2.45, 2.75) is 13.1 Å². The lowest BCUT2D eigenvalue weighted by molar-refractivity contribution is 0.669. The summed E-state index contributed by atoms with van der Waals surface area (Å²) in [4.78, 5) is 0. The predicted octanol–water partition coefficient (Wildman–Crippen LogP) is 9.15. The maximum atomic E-state index is 6.18. The van der Waals surface area contributed by atoms with E-state index in [-0.39, 0.29) is 0 Å². The van der Waals surface area contributed by atoms with Crippen molar-refractivity contribution in [2.75, 3.05) is 0 Å². The Labute approximate surface area is 239 Å². The van der Waals surface area contributed by atoms with E-state index in [4.69, 9.17) is 4.42 Å². The van der Waals surface area contributed by atoms with Crippen molar-refractivity contribution in [1.29, 1.82) is 0 Å². The highest BCUT2D eigenvalue weighted by atomic mass is 28.3. The van der Waals surface area contributed by atoms with Gasteiger partial charge in [0.2, 0.25) is 0 Å². The van der Waals surface area contributed by atoms with Crippen molar-refractivity contribution in [3.63, 3.8) is 0 Å². The maximum absolute atomic E-state index is 6.18. The van der Waals surface area contributed by atoms with Gasteiger partial charge >= 0.3 is 0 Å².